The fraction of sp³-hybridized carbons (Fsp3) is 0.727. The average molecular weight is 239 g/mol. The molecule has 1 fully saturated rings. The van der Waals surface area contributed by atoms with E-state index < -0.39 is 5.97 Å². The van der Waals surface area contributed by atoms with Crippen molar-refractivity contribution in [1.82, 2.24) is 10.2 Å². The van der Waals surface area contributed by atoms with E-state index in [1.165, 1.54) is 0 Å². The Hall–Kier alpha value is -1.61. The van der Waals surface area contributed by atoms with Gasteiger partial charge in [0.25, 0.3) is 0 Å². The van der Waals surface area contributed by atoms with Gasteiger partial charge in [0.15, 0.2) is 0 Å². The quantitative estimate of drug-likeness (QED) is 0.627. The number of rotatable bonds is 6. The molecule has 0 radical (unpaired) electrons. The van der Waals surface area contributed by atoms with E-state index in [2.05, 4.69) is 5.32 Å². The van der Waals surface area contributed by atoms with E-state index in [9.17, 15) is 9.59 Å². The van der Waals surface area contributed by atoms with Crippen LogP contribution in [0.25, 0.3) is 0 Å². The number of amides is 1. The molecule has 1 unspecified atom stereocenters. The molecule has 1 aliphatic heterocycles. The zero-order valence-electron chi connectivity index (χ0n) is 9.69. The maximum atomic E-state index is 11.3. The number of nitriles is 1. The monoisotopic (exact) mass is 239 g/mol. The number of nitrogens with zero attached hydrogens (tertiary/aromatic N) is 2. The summed E-state index contributed by atoms with van der Waals surface area (Å²) in [5, 5.41) is 19.4. The predicted molar refractivity (Wildman–Crippen MR) is 60.0 cm³/mol. The first-order chi connectivity index (χ1) is 8.11. The fourth-order valence-electron chi connectivity index (χ4n) is 2.02. The molecule has 94 valence electrons. The average Bonchev–Trinajstić information content (AvgIpc) is 2.71. The zero-order valence-corrected chi connectivity index (χ0v) is 9.69. The van der Waals surface area contributed by atoms with Crippen LogP contribution in [-0.4, -0.2) is 48.1 Å². The first kappa shape index (κ1) is 13.5. The van der Waals surface area contributed by atoms with Gasteiger partial charge in [0.2, 0.25) is 5.91 Å². The topological polar surface area (TPSA) is 93.4 Å². The van der Waals surface area contributed by atoms with Crippen LogP contribution in [0.1, 0.15) is 19.3 Å². The molecule has 0 aromatic rings. The minimum Gasteiger partial charge on any atom is -0.481 e. The van der Waals surface area contributed by atoms with Gasteiger partial charge in [0, 0.05) is 13.0 Å². The number of hydrogen-bond acceptors (Lipinski definition) is 4. The van der Waals surface area contributed by atoms with E-state index in [0.29, 0.717) is 18.9 Å². The molecular weight excluding hydrogens is 222 g/mol. The van der Waals surface area contributed by atoms with Gasteiger partial charge >= 0.3 is 5.97 Å². The summed E-state index contributed by atoms with van der Waals surface area (Å²) in [6.07, 6.45) is 1.81. The van der Waals surface area contributed by atoms with E-state index in [-0.39, 0.29) is 18.9 Å². The molecule has 0 spiro atoms. The lowest BCUT2D eigenvalue weighted by atomic mass is 10.0. The molecule has 1 saturated heterocycles. The Bertz CT molecular complexity index is 324. The van der Waals surface area contributed by atoms with Crippen molar-refractivity contribution in [3.05, 3.63) is 0 Å². The molecule has 0 aromatic heterocycles. The summed E-state index contributed by atoms with van der Waals surface area (Å²) in [7, 11) is 0. The van der Waals surface area contributed by atoms with Crippen molar-refractivity contribution in [2.75, 3.05) is 26.2 Å². The summed E-state index contributed by atoms with van der Waals surface area (Å²) in [5.41, 5.74) is 0. The molecule has 2 N–H and O–H groups in total. The van der Waals surface area contributed by atoms with Crippen molar-refractivity contribution < 1.29 is 14.7 Å². The van der Waals surface area contributed by atoms with Crippen molar-refractivity contribution in [2.24, 2.45) is 5.92 Å². The first-order valence-electron chi connectivity index (χ1n) is 5.69. The second kappa shape index (κ2) is 6.86. The summed E-state index contributed by atoms with van der Waals surface area (Å²) in [4.78, 5) is 23.8. The Labute approximate surface area is 100 Å². The van der Waals surface area contributed by atoms with Crippen LogP contribution in [0.15, 0.2) is 0 Å². The highest BCUT2D eigenvalue weighted by Crippen LogP contribution is 2.20. The minimum atomic E-state index is -0.768. The van der Waals surface area contributed by atoms with Gasteiger partial charge in [-0.2, -0.15) is 5.26 Å². The van der Waals surface area contributed by atoms with Gasteiger partial charge in [-0.1, -0.05) is 0 Å². The fourth-order valence-corrected chi connectivity index (χ4v) is 2.02. The van der Waals surface area contributed by atoms with Crippen molar-refractivity contribution in [3.63, 3.8) is 0 Å². The summed E-state index contributed by atoms with van der Waals surface area (Å²) in [6, 6.07) is 1.85. The summed E-state index contributed by atoms with van der Waals surface area (Å²) in [5.74, 6) is -0.546. The summed E-state index contributed by atoms with van der Waals surface area (Å²) >= 11 is 0. The van der Waals surface area contributed by atoms with Gasteiger partial charge in [-0.15, -0.1) is 0 Å². The molecule has 6 heteroatoms. The highest BCUT2D eigenvalue weighted by molar-refractivity contribution is 5.78. The summed E-state index contributed by atoms with van der Waals surface area (Å²) < 4.78 is 0. The van der Waals surface area contributed by atoms with Crippen molar-refractivity contribution >= 4 is 11.9 Å². The molecule has 0 aromatic carbocycles. The summed E-state index contributed by atoms with van der Waals surface area (Å²) in [6.45, 7) is 1.93. The highest BCUT2D eigenvalue weighted by Gasteiger charge is 2.24. The molecule has 1 rings (SSSR count). The number of carboxylic acid groups (broad SMARTS) is 1. The van der Waals surface area contributed by atoms with E-state index in [0.717, 1.165) is 19.5 Å². The SMILES string of the molecule is N#CCNC(=O)CN1CCC(CCC(=O)O)C1. The van der Waals surface area contributed by atoms with Gasteiger partial charge < -0.3 is 10.4 Å². The third-order valence-corrected chi connectivity index (χ3v) is 2.87. The molecule has 1 amide bonds. The number of nitrogens with one attached hydrogen (secondary N) is 1. The van der Waals surface area contributed by atoms with E-state index in [1.54, 1.807) is 0 Å². The van der Waals surface area contributed by atoms with E-state index in [1.807, 2.05) is 11.0 Å². The van der Waals surface area contributed by atoms with Crippen LogP contribution < -0.4 is 5.32 Å². The molecule has 0 saturated carbocycles. The van der Waals surface area contributed by atoms with E-state index >= 15 is 0 Å². The Morgan fingerprint density at radius 1 is 1.53 bits per heavy atom. The van der Waals surface area contributed by atoms with Crippen molar-refractivity contribution in [1.29, 1.82) is 5.26 Å². The van der Waals surface area contributed by atoms with Crippen LogP contribution in [-0.2, 0) is 9.59 Å². The number of aliphatic carboxylic acids is 1. The van der Waals surface area contributed by atoms with Crippen molar-refractivity contribution in [2.45, 2.75) is 19.3 Å². The predicted octanol–water partition coefficient (Wildman–Crippen LogP) is -0.187. The molecule has 0 bridgehead atoms. The second-order valence-corrected chi connectivity index (χ2v) is 4.26. The van der Waals surface area contributed by atoms with Gasteiger partial charge in [-0.05, 0) is 25.3 Å². The molecule has 17 heavy (non-hydrogen) atoms. The lowest BCUT2D eigenvalue weighted by molar-refractivity contribution is -0.137. The number of hydrogen-bond donors (Lipinski definition) is 2. The lowest BCUT2D eigenvalue weighted by Gasteiger charge is -2.14. The molecular formula is C11H17N3O3. The Morgan fingerprint density at radius 2 is 2.29 bits per heavy atom. The molecule has 6 nitrogen and oxygen atoms in total. The minimum absolute atomic E-state index is 0.0368. The van der Waals surface area contributed by atoms with Gasteiger partial charge in [-0.25, -0.2) is 0 Å². The third kappa shape index (κ3) is 5.31. The number of likely N-dealkylation sites (tertiary alicyclic amines) is 1. The smallest absolute Gasteiger partial charge is 0.303 e. The number of carbonyl (C=O) groups is 2. The Balaban J connectivity index is 2.19. The standard InChI is InChI=1S/C11H17N3O3/c12-4-5-13-10(15)8-14-6-3-9(7-14)1-2-11(16)17/h9H,1-3,5-8H2,(H,13,15)(H,16,17). The van der Waals surface area contributed by atoms with Gasteiger partial charge in [0.05, 0.1) is 12.6 Å². The Kier molecular flexibility index (Phi) is 5.43. The zero-order chi connectivity index (χ0) is 12.7. The normalized spacial score (nSPS) is 19.8. The van der Waals surface area contributed by atoms with Crippen LogP contribution in [0.4, 0.5) is 0 Å². The lowest BCUT2D eigenvalue weighted by Crippen LogP contribution is -2.36. The van der Waals surface area contributed by atoms with Crippen LogP contribution in [0.3, 0.4) is 0 Å². The molecule has 0 aliphatic carbocycles. The van der Waals surface area contributed by atoms with Crippen LogP contribution >= 0.6 is 0 Å². The maximum Gasteiger partial charge on any atom is 0.303 e. The van der Waals surface area contributed by atoms with Crippen molar-refractivity contribution in [3.8, 4) is 6.07 Å². The van der Waals surface area contributed by atoms with Crippen LogP contribution in [0, 0.1) is 17.2 Å². The van der Waals surface area contributed by atoms with Gasteiger partial charge in [0.1, 0.15) is 6.54 Å². The van der Waals surface area contributed by atoms with Gasteiger partial charge in [-0.3, -0.25) is 14.5 Å². The number of carbonyl (C=O) groups excluding carboxylic acids is 1. The molecule has 1 aliphatic rings. The number of carboxylic acids is 1. The Morgan fingerprint density at radius 3 is 2.94 bits per heavy atom. The first-order valence-corrected chi connectivity index (χ1v) is 5.69. The molecule has 1 atom stereocenters. The second-order valence-electron chi connectivity index (χ2n) is 4.26. The van der Waals surface area contributed by atoms with E-state index in [4.69, 9.17) is 10.4 Å². The largest absolute Gasteiger partial charge is 0.481 e. The maximum absolute atomic E-state index is 11.3. The molecule has 1 heterocycles. The highest BCUT2D eigenvalue weighted by atomic mass is 16.4. The third-order valence-electron chi connectivity index (χ3n) is 2.87. The van der Waals surface area contributed by atoms with Crippen LogP contribution in [0.2, 0.25) is 0 Å². The van der Waals surface area contributed by atoms with Crippen LogP contribution in [0.5, 0.6) is 0 Å².